The molecule has 0 fully saturated rings. The zero-order chi connectivity index (χ0) is 18.0. The minimum atomic E-state index is -0.399. The zero-order valence-corrected chi connectivity index (χ0v) is 15.1. The maximum Gasteiger partial charge on any atom is 0.271 e. The van der Waals surface area contributed by atoms with Gasteiger partial charge in [-0.15, -0.1) is 11.3 Å². The van der Waals surface area contributed by atoms with Crippen LogP contribution in [0.1, 0.15) is 26.5 Å². The molecule has 1 amide bonds. The molecule has 2 aromatic heterocycles. The maximum absolute atomic E-state index is 12.6. The Labute approximate surface area is 149 Å². The van der Waals surface area contributed by atoms with Crippen LogP contribution in [0.4, 0.5) is 0 Å². The number of amides is 1. The van der Waals surface area contributed by atoms with Crippen LogP contribution in [0.15, 0.2) is 35.3 Å². The number of nitrogens with one attached hydrogen (secondary N) is 1. The van der Waals surface area contributed by atoms with Crippen LogP contribution in [0, 0.1) is 13.8 Å². The van der Waals surface area contributed by atoms with Gasteiger partial charge in [0, 0.05) is 23.3 Å². The van der Waals surface area contributed by atoms with E-state index < -0.39 is 5.91 Å². The zero-order valence-electron chi connectivity index (χ0n) is 14.3. The van der Waals surface area contributed by atoms with Crippen LogP contribution in [0.25, 0.3) is 4.96 Å². The smallest absolute Gasteiger partial charge is 0.271 e. The molecule has 0 aliphatic rings. The lowest BCUT2D eigenvalue weighted by molar-refractivity contribution is 0.0952. The van der Waals surface area contributed by atoms with E-state index in [-0.39, 0.29) is 11.1 Å². The fourth-order valence-corrected chi connectivity index (χ4v) is 3.47. The quantitative estimate of drug-likeness (QED) is 0.761. The number of methoxy groups -OCH3 is 1. The highest BCUT2D eigenvalue weighted by molar-refractivity contribution is 7.17. The Bertz CT molecular complexity index is 974. The fourth-order valence-electron chi connectivity index (χ4n) is 2.54. The molecule has 0 radical (unpaired) electrons. The summed E-state index contributed by atoms with van der Waals surface area (Å²) in [5, 5.41) is 2.79. The summed E-state index contributed by atoms with van der Waals surface area (Å²) in [5.74, 6) is 0.394. The summed E-state index contributed by atoms with van der Waals surface area (Å²) in [6.07, 6.45) is 2.03. The van der Waals surface area contributed by atoms with Crippen molar-refractivity contribution in [2.45, 2.75) is 20.3 Å². The number of aryl methyl sites for hydroxylation is 2. The third-order valence-corrected chi connectivity index (χ3v) is 5.19. The highest BCUT2D eigenvalue weighted by Gasteiger charge is 2.16. The number of hydrogen-bond acceptors (Lipinski definition) is 5. The molecule has 3 aromatic rings. The van der Waals surface area contributed by atoms with Crippen LogP contribution in [-0.2, 0) is 6.42 Å². The van der Waals surface area contributed by atoms with Crippen LogP contribution < -0.4 is 15.6 Å². The number of nitrogens with zero attached hydrogens (tertiary/aromatic N) is 2. The number of fused-ring (bicyclic) bond motifs is 1. The highest BCUT2D eigenvalue weighted by atomic mass is 32.1. The van der Waals surface area contributed by atoms with Crippen molar-refractivity contribution < 1.29 is 9.53 Å². The summed E-state index contributed by atoms with van der Waals surface area (Å²) < 4.78 is 6.61. The lowest BCUT2D eigenvalue weighted by atomic mass is 10.1. The van der Waals surface area contributed by atoms with E-state index in [1.807, 2.05) is 38.1 Å². The molecule has 0 spiro atoms. The van der Waals surface area contributed by atoms with Crippen molar-refractivity contribution in [1.29, 1.82) is 0 Å². The lowest BCUT2D eigenvalue weighted by Gasteiger charge is -2.06. The lowest BCUT2D eigenvalue weighted by Crippen LogP contribution is -2.32. The van der Waals surface area contributed by atoms with Crippen LogP contribution in [0.3, 0.4) is 0 Å². The second-order valence-corrected chi connectivity index (χ2v) is 6.87. The van der Waals surface area contributed by atoms with Gasteiger partial charge in [0.1, 0.15) is 11.3 Å². The van der Waals surface area contributed by atoms with Gasteiger partial charge in [0.25, 0.3) is 11.5 Å². The van der Waals surface area contributed by atoms with Crippen LogP contribution >= 0.6 is 11.3 Å². The standard InChI is InChI=1S/C18H19N3O3S/c1-11-12(2)25-18-20-10-15(17(23)21(11)18)16(22)19-9-8-13-4-6-14(24-3)7-5-13/h4-7,10H,8-9H2,1-3H3,(H,19,22). The van der Waals surface area contributed by atoms with Gasteiger partial charge in [-0.2, -0.15) is 0 Å². The van der Waals surface area contributed by atoms with Crippen molar-refractivity contribution in [2.75, 3.05) is 13.7 Å². The maximum atomic E-state index is 12.6. The number of rotatable bonds is 5. The second kappa shape index (κ2) is 7.06. The molecule has 0 atom stereocenters. The summed E-state index contributed by atoms with van der Waals surface area (Å²) in [6, 6.07) is 7.65. The number of carbonyl (C=O) groups is 1. The third kappa shape index (κ3) is 3.41. The Morgan fingerprint density at radius 3 is 2.68 bits per heavy atom. The molecule has 1 N–H and O–H groups in total. The van der Waals surface area contributed by atoms with Gasteiger partial charge in [0.05, 0.1) is 7.11 Å². The van der Waals surface area contributed by atoms with Crippen LogP contribution in [0.5, 0.6) is 5.75 Å². The number of ether oxygens (including phenoxy) is 1. The van der Waals surface area contributed by atoms with Gasteiger partial charge in [0.2, 0.25) is 0 Å². The van der Waals surface area contributed by atoms with E-state index in [0.717, 1.165) is 21.9 Å². The normalized spacial score (nSPS) is 10.8. The van der Waals surface area contributed by atoms with Gasteiger partial charge in [-0.1, -0.05) is 12.1 Å². The molecule has 0 saturated carbocycles. The van der Waals surface area contributed by atoms with E-state index in [1.165, 1.54) is 21.9 Å². The second-order valence-electron chi connectivity index (χ2n) is 5.69. The molecule has 1 aromatic carbocycles. The van der Waals surface area contributed by atoms with Gasteiger partial charge in [-0.25, -0.2) is 4.98 Å². The molecular weight excluding hydrogens is 338 g/mol. The predicted molar refractivity (Wildman–Crippen MR) is 97.8 cm³/mol. The number of aromatic nitrogens is 2. The molecule has 6 nitrogen and oxygen atoms in total. The minimum Gasteiger partial charge on any atom is -0.497 e. The monoisotopic (exact) mass is 357 g/mol. The van der Waals surface area contributed by atoms with Crippen molar-refractivity contribution >= 4 is 22.2 Å². The van der Waals surface area contributed by atoms with Crippen molar-refractivity contribution in [1.82, 2.24) is 14.7 Å². The van der Waals surface area contributed by atoms with Gasteiger partial charge in [0.15, 0.2) is 4.96 Å². The van der Waals surface area contributed by atoms with Crippen molar-refractivity contribution in [3.8, 4) is 5.75 Å². The Kier molecular flexibility index (Phi) is 4.85. The van der Waals surface area contributed by atoms with E-state index in [1.54, 1.807) is 7.11 Å². The summed E-state index contributed by atoms with van der Waals surface area (Å²) in [7, 11) is 1.62. The summed E-state index contributed by atoms with van der Waals surface area (Å²) in [5.41, 5.74) is 1.64. The third-order valence-electron chi connectivity index (χ3n) is 4.12. The minimum absolute atomic E-state index is 0.0631. The molecule has 0 unspecified atom stereocenters. The molecule has 0 saturated heterocycles. The first-order valence-corrected chi connectivity index (χ1v) is 8.72. The number of carbonyl (C=O) groups excluding carboxylic acids is 1. The van der Waals surface area contributed by atoms with Crippen LogP contribution in [-0.4, -0.2) is 28.9 Å². The molecule has 3 rings (SSSR count). The van der Waals surface area contributed by atoms with Gasteiger partial charge in [-0.3, -0.25) is 14.0 Å². The SMILES string of the molecule is COc1ccc(CCNC(=O)c2cnc3sc(C)c(C)n3c2=O)cc1. The molecule has 7 heteroatoms. The van der Waals surface area contributed by atoms with E-state index in [9.17, 15) is 9.59 Å². The molecule has 0 bridgehead atoms. The Morgan fingerprint density at radius 1 is 1.28 bits per heavy atom. The first-order valence-electron chi connectivity index (χ1n) is 7.90. The average Bonchev–Trinajstić information content (AvgIpc) is 2.90. The largest absolute Gasteiger partial charge is 0.497 e. The van der Waals surface area contributed by atoms with E-state index in [0.29, 0.717) is 17.9 Å². The molecule has 0 aliphatic carbocycles. The number of benzene rings is 1. The Balaban J connectivity index is 1.70. The van der Waals surface area contributed by atoms with Crippen LogP contribution in [0.2, 0.25) is 0 Å². The van der Waals surface area contributed by atoms with Gasteiger partial charge in [-0.05, 0) is 38.0 Å². The predicted octanol–water partition coefficient (Wildman–Crippen LogP) is 2.35. The van der Waals surface area contributed by atoms with E-state index in [2.05, 4.69) is 10.3 Å². The summed E-state index contributed by atoms with van der Waals surface area (Å²) >= 11 is 1.44. The van der Waals surface area contributed by atoms with Crippen molar-refractivity contribution in [3.63, 3.8) is 0 Å². The topological polar surface area (TPSA) is 72.7 Å². The van der Waals surface area contributed by atoms with Gasteiger partial charge < -0.3 is 10.1 Å². The molecule has 130 valence electrons. The highest BCUT2D eigenvalue weighted by Crippen LogP contribution is 2.18. The van der Waals surface area contributed by atoms with E-state index >= 15 is 0 Å². The first-order chi connectivity index (χ1) is 12.0. The summed E-state index contributed by atoms with van der Waals surface area (Å²) in [4.78, 5) is 30.8. The summed E-state index contributed by atoms with van der Waals surface area (Å²) in [6.45, 7) is 4.23. The van der Waals surface area contributed by atoms with E-state index in [4.69, 9.17) is 4.74 Å². The van der Waals surface area contributed by atoms with Crippen molar-refractivity contribution in [2.24, 2.45) is 0 Å². The Hall–Kier alpha value is -2.67. The molecule has 0 aliphatic heterocycles. The molecule has 25 heavy (non-hydrogen) atoms. The molecular formula is C18H19N3O3S. The Morgan fingerprint density at radius 2 is 2.00 bits per heavy atom. The number of hydrogen-bond donors (Lipinski definition) is 1. The molecule has 2 heterocycles. The first kappa shape index (κ1) is 17.2. The van der Waals surface area contributed by atoms with Crippen molar-refractivity contribution in [3.05, 3.63) is 62.5 Å². The fraction of sp³-hybridized carbons (Fsp3) is 0.278. The van der Waals surface area contributed by atoms with Gasteiger partial charge >= 0.3 is 0 Å². The average molecular weight is 357 g/mol. The number of thiazole rings is 1.